The van der Waals surface area contributed by atoms with Crippen LogP contribution in [-0.2, 0) is 6.42 Å². The lowest BCUT2D eigenvalue weighted by atomic mass is 9.93. The van der Waals surface area contributed by atoms with Crippen LogP contribution >= 0.6 is 11.3 Å². The van der Waals surface area contributed by atoms with Crippen molar-refractivity contribution in [3.8, 4) is 11.4 Å². The molecule has 1 saturated heterocycles. The molecule has 0 spiro atoms. The van der Waals surface area contributed by atoms with Crippen LogP contribution in [0.1, 0.15) is 29.0 Å². The number of carbonyl (C=O) groups is 1. The van der Waals surface area contributed by atoms with E-state index in [0.29, 0.717) is 5.92 Å². The number of aromatic amines is 1. The van der Waals surface area contributed by atoms with Gasteiger partial charge in [-0.3, -0.25) is 9.89 Å². The Labute approximate surface area is 150 Å². The molecule has 3 heterocycles. The Morgan fingerprint density at radius 3 is 2.72 bits per heavy atom. The molecule has 0 saturated carbocycles. The van der Waals surface area contributed by atoms with Crippen molar-refractivity contribution in [2.24, 2.45) is 5.92 Å². The zero-order valence-electron chi connectivity index (χ0n) is 13.9. The normalized spacial score (nSPS) is 15.4. The average molecular weight is 352 g/mol. The Balaban J connectivity index is 1.33. The van der Waals surface area contributed by atoms with Crippen LogP contribution in [0.5, 0.6) is 0 Å². The summed E-state index contributed by atoms with van der Waals surface area (Å²) in [6.07, 6.45) is 2.91. The molecule has 1 aromatic carbocycles. The molecule has 0 unspecified atom stereocenters. The topological polar surface area (TPSA) is 61.9 Å². The van der Waals surface area contributed by atoms with Crippen LogP contribution in [-0.4, -0.2) is 39.1 Å². The predicted octanol–water partition coefficient (Wildman–Crippen LogP) is 3.63. The summed E-state index contributed by atoms with van der Waals surface area (Å²) in [5.41, 5.74) is 1.84. The van der Waals surface area contributed by atoms with Crippen molar-refractivity contribution in [1.82, 2.24) is 20.1 Å². The Kier molecular flexibility index (Phi) is 4.61. The molecule has 0 radical (unpaired) electrons. The number of aromatic nitrogens is 3. The molecule has 0 aliphatic carbocycles. The Morgan fingerprint density at radius 1 is 1.20 bits per heavy atom. The van der Waals surface area contributed by atoms with Gasteiger partial charge in [-0.1, -0.05) is 30.3 Å². The van der Waals surface area contributed by atoms with Gasteiger partial charge in [0.2, 0.25) is 0 Å². The zero-order valence-corrected chi connectivity index (χ0v) is 14.7. The molecule has 4 rings (SSSR count). The van der Waals surface area contributed by atoms with Crippen LogP contribution in [0.25, 0.3) is 11.4 Å². The van der Waals surface area contributed by atoms with E-state index in [4.69, 9.17) is 0 Å². The van der Waals surface area contributed by atoms with Gasteiger partial charge < -0.3 is 4.90 Å². The van der Waals surface area contributed by atoms with Gasteiger partial charge in [0.1, 0.15) is 5.82 Å². The van der Waals surface area contributed by atoms with Gasteiger partial charge in [-0.05, 0) is 30.2 Å². The van der Waals surface area contributed by atoms with Crippen molar-refractivity contribution >= 4 is 17.2 Å². The first kappa shape index (κ1) is 16.0. The number of carbonyl (C=O) groups excluding carboxylic acids is 1. The molecule has 1 aliphatic heterocycles. The SMILES string of the molecule is O=C(c1ccsc1)N1CCC(Cc2nc(-c3ccccc3)n[nH]2)CC1. The number of amides is 1. The lowest BCUT2D eigenvalue weighted by Crippen LogP contribution is -2.38. The molecule has 0 bridgehead atoms. The summed E-state index contributed by atoms with van der Waals surface area (Å²) in [6.45, 7) is 1.64. The number of nitrogens with one attached hydrogen (secondary N) is 1. The summed E-state index contributed by atoms with van der Waals surface area (Å²) >= 11 is 1.57. The average Bonchev–Trinajstić information content (AvgIpc) is 3.35. The van der Waals surface area contributed by atoms with E-state index in [1.807, 2.05) is 52.1 Å². The van der Waals surface area contributed by atoms with Crippen molar-refractivity contribution in [1.29, 1.82) is 0 Å². The van der Waals surface area contributed by atoms with E-state index < -0.39 is 0 Å². The first-order valence-corrected chi connectivity index (χ1v) is 9.52. The van der Waals surface area contributed by atoms with Gasteiger partial charge >= 0.3 is 0 Å². The second-order valence-corrected chi connectivity index (χ2v) is 7.20. The molecule has 1 N–H and O–H groups in total. The number of likely N-dealkylation sites (tertiary alicyclic amines) is 1. The molecule has 1 amide bonds. The summed E-state index contributed by atoms with van der Waals surface area (Å²) < 4.78 is 0. The van der Waals surface area contributed by atoms with E-state index >= 15 is 0 Å². The molecular formula is C19H20N4OS. The van der Waals surface area contributed by atoms with Crippen LogP contribution in [0.4, 0.5) is 0 Å². The molecular weight excluding hydrogens is 332 g/mol. The second kappa shape index (κ2) is 7.19. The maximum Gasteiger partial charge on any atom is 0.254 e. The van der Waals surface area contributed by atoms with Gasteiger partial charge in [-0.15, -0.1) is 0 Å². The molecule has 5 nitrogen and oxygen atoms in total. The fourth-order valence-electron chi connectivity index (χ4n) is 3.29. The van der Waals surface area contributed by atoms with Gasteiger partial charge in [-0.2, -0.15) is 16.4 Å². The third-order valence-corrected chi connectivity index (χ3v) is 5.40. The van der Waals surface area contributed by atoms with E-state index in [1.165, 1.54) is 0 Å². The summed E-state index contributed by atoms with van der Waals surface area (Å²) in [5, 5.41) is 11.3. The Morgan fingerprint density at radius 2 is 2.00 bits per heavy atom. The summed E-state index contributed by atoms with van der Waals surface area (Å²) in [5.74, 6) is 2.39. The molecule has 128 valence electrons. The zero-order chi connectivity index (χ0) is 17.1. The number of benzene rings is 1. The van der Waals surface area contributed by atoms with Gasteiger partial charge in [0.15, 0.2) is 5.82 Å². The Hall–Kier alpha value is -2.47. The fraction of sp³-hybridized carbons (Fsp3) is 0.316. The highest BCUT2D eigenvalue weighted by molar-refractivity contribution is 7.08. The highest BCUT2D eigenvalue weighted by Gasteiger charge is 2.24. The molecule has 3 aromatic rings. The first-order valence-electron chi connectivity index (χ1n) is 8.58. The number of piperidine rings is 1. The maximum absolute atomic E-state index is 12.4. The van der Waals surface area contributed by atoms with Crippen molar-refractivity contribution < 1.29 is 4.79 Å². The smallest absolute Gasteiger partial charge is 0.254 e. The number of hydrogen-bond acceptors (Lipinski definition) is 4. The number of nitrogens with zero attached hydrogens (tertiary/aromatic N) is 3. The number of hydrogen-bond donors (Lipinski definition) is 1. The van der Waals surface area contributed by atoms with Crippen LogP contribution in [0.2, 0.25) is 0 Å². The number of H-pyrrole nitrogens is 1. The second-order valence-electron chi connectivity index (χ2n) is 6.42. The predicted molar refractivity (Wildman–Crippen MR) is 98.5 cm³/mol. The van der Waals surface area contributed by atoms with Crippen LogP contribution in [0.15, 0.2) is 47.2 Å². The fourth-order valence-corrected chi connectivity index (χ4v) is 3.92. The highest BCUT2D eigenvalue weighted by atomic mass is 32.1. The van der Waals surface area contributed by atoms with E-state index in [2.05, 4.69) is 15.2 Å². The molecule has 0 atom stereocenters. The highest BCUT2D eigenvalue weighted by Crippen LogP contribution is 2.23. The lowest BCUT2D eigenvalue weighted by molar-refractivity contribution is 0.0690. The first-order chi connectivity index (χ1) is 12.3. The lowest BCUT2D eigenvalue weighted by Gasteiger charge is -2.31. The van der Waals surface area contributed by atoms with Crippen molar-refractivity contribution in [2.45, 2.75) is 19.3 Å². The Bertz CT molecular complexity index is 820. The summed E-state index contributed by atoms with van der Waals surface area (Å²) in [7, 11) is 0. The van der Waals surface area contributed by atoms with Gasteiger partial charge in [0.05, 0.1) is 5.56 Å². The van der Waals surface area contributed by atoms with Gasteiger partial charge in [0, 0.05) is 30.5 Å². The van der Waals surface area contributed by atoms with Gasteiger partial charge in [0.25, 0.3) is 5.91 Å². The minimum Gasteiger partial charge on any atom is -0.339 e. The van der Waals surface area contributed by atoms with Crippen molar-refractivity contribution in [3.05, 3.63) is 58.5 Å². The summed E-state index contributed by atoms with van der Waals surface area (Å²) in [6, 6.07) is 11.9. The summed E-state index contributed by atoms with van der Waals surface area (Å²) in [4.78, 5) is 19.0. The van der Waals surface area contributed by atoms with Crippen molar-refractivity contribution in [2.75, 3.05) is 13.1 Å². The molecule has 6 heteroatoms. The van der Waals surface area contributed by atoms with E-state index in [1.54, 1.807) is 11.3 Å². The standard InChI is InChI=1S/C19H20N4OS/c24-19(16-8-11-25-13-16)23-9-6-14(7-10-23)12-17-20-18(22-21-17)15-4-2-1-3-5-15/h1-5,8,11,13-14H,6-7,9-10,12H2,(H,20,21,22). The maximum atomic E-state index is 12.4. The van der Waals surface area contributed by atoms with Crippen LogP contribution < -0.4 is 0 Å². The molecule has 1 fully saturated rings. The molecule has 25 heavy (non-hydrogen) atoms. The third kappa shape index (κ3) is 3.64. The van der Waals surface area contributed by atoms with Crippen LogP contribution in [0.3, 0.4) is 0 Å². The van der Waals surface area contributed by atoms with Crippen LogP contribution in [0, 0.1) is 5.92 Å². The number of rotatable bonds is 4. The minimum atomic E-state index is 0.158. The van der Waals surface area contributed by atoms with Gasteiger partial charge in [-0.25, -0.2) is 4.98 Å². The largest absolute Gasteiger partial charge is 0.339 e. The van der Waals surface area contributed by atoms with E-state index in [-0.39, 0.29) is 5.91 Å². The molecule has 1 aliphatic rings. The monoisotopic (exact) mass is 352 g/mol. The van der Waals surface area contributed by atoms with Crippen molar-refractivity contribution in [3.63, 3.8) is 0 Å². The minimum absolute atomic E-state index is 0.158. The van der Waals surface area contributed by atoms with E-state index in [0.717, 1.165) is 55.1 Å². The third-order valence-electron chi connectivity index (χ3n) is 4.72. The number of thiophene rings is 1. The molecule has 2 aromatic heterocycles. The quantitative estimate of drug-likeness (QED) is 0.780. The van der Waals surface area contributed by atoms with E-state index in [9.17, 15) is 4.79 Å².